The molecule has 1 saturated heterocycles. The SMILES string of the molecule is N=C(N)c1ccc(C(=O)NCC(=O)N2CCN(CC(=O)O)C(=O)[C@@H]2C(C(N)=O)c2ccc(C(=N)N)cc2)cc1. The van der Waals surface area contributed by atoms with E-state index in [9.17, 15) is 29.1 Å². The van der Waals surface area contributed by atoms with Crippen molar-refractivity contribution in [3.8, 4) is 0 Å². The molecule has 0 radical (unpaired) electrons. The van der Waals surface area contributed by atoms with E-state index in [1.54, 1.807) is 0 Å². The average Bonchev–Trinajstić information content (AvgIpc) is 2.89. The number of nitrogens with two attached hydrogens (primary N) is 3. The van der Waals surface area contributed by atoms with Gasteiger partial charge in [0.25, 0.3) is 5.91 Å². The summed E-state index contributed by atoms with van der Waals surface area (Å²) >= 11 is 0. The Balaban J connectivity index is 1.87. The molecule has 1 aliphatic heterocycles. The molecular formula is C25H28N8O6. The van der Waals surface area contributed by atoms with Gasteiger partial charge in [0.15, 0.2) is 0 Å². The van der Waals surface area contributed by atoms with Crippen LogP contribution in [-0.2, 0) is 19.2 Å². The number of primary amides is 1. The molecule has 2 atom stereocenters. The second-order valence-electron chi connectivity index (χ2n) is 8.77. The fraction of sp³-hybridized carbons (Fsp3) is 0.240. The van der Waals surface area contributed by atoms with Crippen molar-refractivity contribution in [2.24, 2.45) is 17.2 Å². The standard InChI is InChI=1S/C25H28N8O6/c26-21(27)14-3-1-13(2-4-14)19(23(30)37)20-25(39)32(12-18(35)36)9-10-33(20)17(34)11-31-24(38)16-7-5-15(6-8-16)22(28)29/h1-8,19-20H,9-12H2,(H3,26,27)(H3,28,29)(H2,30,37)(H,31,38)(H,35,36)/t19?,20-/m0/s1. The van der Waals surface area contributed by atoms with Gasteiger partial charge in [-0.05, 0) is 17.7 Å². The van der Waals surface area contributed by atoms with Crippen LogP contribution in [0.1, 0.15) is 33.0 Å². The molecule has 0 saturated carbocycles. The predicted molar refractivity (Wildman–Crippen MR) is 139 cm³/mol. The van der Waals surface area contributed by atoms with Gasteiger partial charge in [0.05, 0.1) is 12.5 Å². The fourth-order valence-corrected chi connectivity index (χ4v) is 4.25. The third-order valence-electron chi connectivity index (χ3n) is 6.22. The number of carboxylic acid groups (broad SMARTS) is 1. The molecule has 204 valence electrons. The molecule has 1 unspecified atom stereocenters. The van der Waals surface area contributed by atoms with Gasteiger partial charge in [0, 0.05) is 29.8 Å². The van der Waals surface area contributed by atoms with E-state index in [1.807, 2.05) is 0 Å². The zero-order valence-electron chi connectivity index (χ0n) is 20.7. The topological polar surface area (TPSA) is 250 Å². The molecule has 2 aromatic carbocycles. The normalized spacial score (nSPS) is 15.8. The molecule has 0 aromatic heterocycles. The molecule has 0 aliphatic carbocycles. The smallest absolute Gasteiger partial charge is 0.323 e. The number of nitrogen functional groups attached to an aromatic ring is 2. The molecule has 2 aromatic rings. The van der Waals surface area contributed by atoms with Crippen molar-refractivity contribution in [1.29, 1.82) is 10.8 Å². The van der Waals surface area contributed by atoms with Gasteiger partial charge in [0.1, 0.15) is 24.3 Å². The van der Waals surface area contributed by atoms with E-state index in [1.165, 1.54) is 48.5 Å². The molecule has 1 heterocycles. The van der Waals surface area contributed by atoms with E-state index >= 15 is 0 Å². The highest BCUT2D eigenvalue weighted by Gasteiger charge is 2.45. The summed E-state index contributed by atoms with van der Waals surface area (Å²) in [5, 5.41) is 26.7. The van der Waals surface area contributed by atoms with Gasteiger partial charge in [-0.2, -0.15) is 0 Å². The predicted octanol–water partition coefficient (Wildman–Crippen LogP) is -1.62. The lowest BCUT2D eigenvalue weighted by Gasteiger charge is -2.42. The highest BCUT2D eigenvalue weighted by molar-refractivity contribution is 6.01. The van der Waals surface area contributed by atoms with Crippen LogP contribution in [0.2, 0.25) is 0 Å². The molecule has 0 spiro atoms. The van der Waals surface area contributed by atoms with Gasteiger partial charge in [-0.15, -0.1) is 0 Å². The molecule has 1 fully saturated rings. The monoisotopic (exact) mass is 536 g/mol. The van der Waals surface area contributed by atoms with Crippen molar-refractivity contribution in [3.63, 3.8) is 0 Å². The number of benzene rings is 2. The number of carboxylic acids is 1. The number of carbonyl (C=O) groups is 5. The Bertz CT molecular complexity index is 1330. The van der Waals surface area contributed by atoms with Gasteiger partial charge in [-0.25, -0.2) is 0 Å². The summed E-state index contributed by atoms with van der Waals surface area (Å²) in [6.45, 7) is -1.38. The van der Waals surface area contributed by atoms with Gasteiger partial charge < -0.3 is 37.4 Å². The van der Waals surface area contributed by atoms with Gasteiger partial charge >= 0.3 is 5.97 Å². The minimum absolute atomic E-state index is 0.109. The van der Waals surface area contributed by atoms with Crippen LogP contribution < -0.4 is 22.5 Å². The Morgan fingerprint density at radius 2 is 1.41 bits per heavy atom. The molecule has 4 amide bonds. The molecule has 10 N–H and O–H groups in total. The largest absolute Gasteiger partial charge is 0.480 e. The van der Waals surface area contributed by atoms with Gasteiger partial charge in [-0.1, -0.05) is 36.4 Å². The fourth-order valence-electron chi connectivity index (χ4n) is 4.25. The van der Waals surface area contributed by atoms with E-state index in [0.717, 1.165) is 9.80 Å². The summed E-state index contributed by atoms with van der Waals surface area (Å²) in [5.41, 5.74) is 17.8. The van der Waals surface area contributed by atoms with E-state index in [2.05, 4.69) is 5.32 Å². The number of amides is 4. The van der Waals surface area contributed by atoms with Crippen LogP contribution in [0.15, 0.2) is 48.5 Å². The number of piperazine rings is 1. The highest BCUT2D eigenvalue weighted by Crippen LogP contribution is 2.28. The summed E-state index contributed by atoms with van der Waals surface area (Å²) in [7, 11) is 0. The number of hydrogen-bond acceptors (Lipinski definition) is 7. The van der Waals surface area contributed by atoms with Crippen molar-refractivity contribution < 1.29 is 29.1 Å². The Kier molecular flexibility index (Phi) is 8.60. The van der Waals surface area contributed by atoms with E-state index in [0.29, 0.717) is 11.1 Å². The summed E-state index contributed by atoms with van der Waals surface area (Å²) in [6, 6.07) is 10.2. The molecule has 3 rings (SSSR count). The summed E-state index contributed by atoms with van der Waals surface area (Å²) in [6.07, 6.45) is 0. The zero-order valence-corrected chi connectivity index (χ0v) is 20.7. The molecule has 0 bridgehead atoms. The number of rotatable bonds is 10. The van der Waals surface area contributed by atoms with Crippen molar-refractivity contribution in [2.75, 3.05) is 26.2 Å². The Hall–Kier alpha value is -5.27. The van der Waals surface area contributed by atoms with Crippen LogP contribution >= 0.6 is 0 Å². The summed E-state index contributed by atoms with van der Waals surface area (Å²) < 4.78 is 0. The maximum absolute atomic E-state index is 13.4. The first kappa shape index (κ1) is 28.3. The second-order valence-corrected chi connectivity index (χ2v) is 8.77. The maximum Gasteiger partial charge on any atom is 0.323 e. The van der Waals surface area contributed by atoms with E-state index < -0.39 is 54.6 Å². The second kappa shape index (κ2) is 11.9. The molecule has 39 heavy (non-hydrogen) atoms. The number of carbonyl (C=O) groups excluding carboxylic acids is 4. The van der Waals surface area contributed by atoms with Crippen LogP contribution in [0, 0.1) is 10.8 Å². The highest BCUT2D eigenvalue weighted by atomic mass is 16.4. The lowest BCUT2D eigenvalue weighted by atomic mass is 9.87. The molecule has 14 heteroatoms. The third kappa shape index (κ3) is 6.54. The third-order valence-corrected chi connectivity index (χ3v) is 6.22. The first-order chi connectivity index (χ1) is 18.4. The average molecular weight is 537 g/mol. The molecule has 1 aliphatic rings. The van der Waals surface area contributed by atoms with Crippen molar-refractivity contribution in [1.82, 2.24) is 15.1 Å². The summed E-state index contributed by atoms with van der Waals surface area (Å²) in [5.74, 6) is -6.03. The van der Waals surface area contributed by atoms with Gasteiger partial charge in [0.2, 0.25) is 17.7 Å². The Labute approximate surface area is 222 Å². The Morgan fingerprint density at radius 3 is 1.90 bits per heavy atom. The molecular weight excluding hydrogens is 508 g/mol. The number of nitrogens with one attached hydrogen (secondary N) is 3. The lowest BCUT2D eigenvalue weighted by Crippen LogP contribution is -2.63. The zero-order chi connectivity index (χ0) is 28.9. The molecule has 14 nitrogen and oxygen atoms in total. The maximum atomic E-state index is 13.4. The van der Waals surface area contributed by atoms with Gasteiger partial charge in [-0.3, -0.25) is 34.8 Å². The number of nitrogens with zero attached hydrogens (tertiary/aromatic N) is 2. The summed E-state index contributed by atoms with van der Waals surface area (Å²) in [4.78, 5) is 65.3. The van der Waals surface area contributed by atoms with Crippen LogP contribution in [0.25, 0.3) is 0 Å². The minimum atomic E-state index is -1.47. The lowest BCUT2D eigenvalue weighted by molar-refractivity contribution is -0.156. The van der Waals surface area contributed by atoms with Crippen molar-refractivity contribution in [3.05, 3.63) is 70.8 Å². The number of hydrogen-bond donors (Lipinski definition) is 7. The minimum Gasteiger partial charge on any atom is -0.480 e. The van der Waals surface area contributed by atoms with E-state index in [4.69, 9.17) is 28.0 Å². The van der Waals surface area contributed by atoms with Crippen LogP contribution in [-0.4, -0.2) is 88.4 Å². The first-order valence-electron chi connectivity index (χ1n) is 11.7. The first-order valence-corrected chi connectivity index (χ1v) is 11.7. The Morgan fingerprint density at radius 1 is 0.897 bits per heavy atom. The van der Waals surface area contributed by atoms with Crippen molar-refractivity contribution >= 4 is 41.3 Å². The van der Waals surface area contributed by atoms with E-state index in [-0.39, 0.29) is 35.9 Å². The number of amidine groups is 2. The quantitative estimate of drug-likeness (QED) is 0.137. The van der Waals surface area contributed by atoms with Crippen molar-refractivity contribution in [2.45, 2.75) is 12.0 Å². The number of aliphatic carboxylic acids is 1. The van der Waals surface area contributed by atoms with Crippen LogP contribution in [0.3, 0.4) is 0 Å². The van der Waals surface area contributed by atoms with Crippen LogP contribution in [0.4, 0.5) is 0 Å². The van der Waals surface area contributed by atoms with Crippen LogP contribution in [0.5, 0.6) is 0 Å².